The average Bonchev–Trinajstić information content (AvgIpc) is 2.29. The minimum absolute atomic E-state index is 0.0806. The molecule has 0 saturated carbocycles. The molecule has 1 aliphatic heterocycles. The molecule has 16 heavy (non-hydrogen) atoms. The highest BCUT2D eigenvalue weighted by molar-refractivity contribution is 5.14. The van der Waals surface area contributed by atoms with Crippen LogP contribution in [0.15, 0.2) is 30.3 Å². The Morgan fingerprint density at radius 2 is 2.06 bits per heavy atom. The summed E-state index contributed by atoms with van der Waals surface area (Å²) in [6.07, 6.45) is 2.89. The zero-order valence-electron chi connectivity index (χ0n) is 9.97. The number of rotatable bonds is 3. The number of aliphatic hydroxyl groups excluding tert-OH is 1. The van der Waals surface area contributed by atoms with E-state index >= 15 is 0 Å². The summed E-state index contributed by atoms with van der Waals surface area (Å²) < 4.78 is 0. The smallest absolute Gasteiger partial charge is 0.0567 e. The predicted molar refractivity (Wildman–Crippen MR) is 66.4 cm³/mol. The Balaban J connectivity index is 1.82. The Hall–Kier alpha value is -0.860. The van der Waals surface area contributed by atoms with Crippen molar-refractivity contribution in [3.05, 3.63) is 35.9 Å². The van der Waals surface area contributed by atoms with Gasteiger partial charge in [-0.15, -0.1) is 0 Å². The van der Waals surface area contributed by atoms with E-state index < -0.39 is 0 Å². The van der Waals surface area contributed by atoms with Crippen LogP contribution in [0.2, 0.25) is 0 Å². The van der Waals surface area contributed by atoms with Crippen molar-refractivity contribution in [2.45, 2.75) is 38.3 Å². The van der Waals surface area contributed by atoms with E-state index in [2.05, 4.69) is 42.2 Å². The van der Waals surface area contributed by atoms with Crippen LogP contribution < -0.4 is 0 Å². The van der Waals surface area contributed by atoms with Gasteiger partial charge in [-0.2, -0.15) is 0 Å². The number of benzene rings is 1. The van der Waals surface area contributed by atoms with Crippen molar-refractivity contribution in [1.29, 1.82) is 0 Å². The van der Waals surface area contributed by atoms with Crippen LogP contribution >= 0.6 is 0 Å². The van der Waals surface area contributed by atoms with Crippen LogP contribution in [0.3, 0.4) is 0 Å². The summed E-state index contributed by atoms with van der Waals surface area (Å²) >= 11 is 0. The first-order valence-electron chi connectivity index (χ1n) is 6.22. The van der Waals surface area contributed by atoms with Gasteiger partial charge in [-0.1, -0.05) is 30.3 Å². The summed E-state index contributed by atoms with van der Waals surface area (Å²) in [7, 11) is 0. The molecule has 1 saturated heterocycles. The molecular formula is C14H21NO. The fourth-order valence-electron chi connectivity index (χ4n) is 2.45. The van der Waals surface area contributed by atoms with E-state index in [0.29, 0.717) is 6.04 Å². The largest absolute Gasteiger partial charge is 0.393 e. The summed E-state index contributed by atoms with van der Waals surface area (Å²) in [5.41, 5.74) is 1.40. The number of likely N-dealkylation sites (tertiary alicyclic amines) is 1. The molecule has 1 aromatic carbocycles. The molecule has 0 aromatic heterocycles. The van der Waals surface area contributed by atoms with E-state index in [1.165, 1.54) is 5.56 Å². The quantitative estimate of drug-likeness (QED) is 0.841. The lowest BCUT2D eigenvalue weighted by Crippen LogP contribution is -2.43. The Morgan fingerprint density at radius 1 is 1.31 bits per heavy atom. The molecule has 2 nitrogen and oxygen atoms in total. The fraction of sp³-hybridized carbons (Fsp3) is 0.571. The van der Waals surface area contributed by atoms with Gasteiger partial charge in [-0.25, -0.2) is 0 Å². The van der Waals surface area contributed by atoms with Crippen LogP contribution in [0.25, 0.3) is 0 Å². The molecule has 0 amide bonds. The maximum atomic E-state index is 9.56. The zero-order chi connectivity index (χ0) is 11.4. The van der Waals surface area contributed by atoms with Crippen LogP contribution in [0.4, 0.5) is 0 Å². The molecule has 1 aromatic rings. The summed E-state index contributed by atoms with van der Waals surface area (Å²) in [5.74, 6) is 0. The molecule has 1 fully saturated rings. The lowest BCUT2D eigenvalue weighted by molar-refractivity contribution is 0.0490. The molecule has 0 aliphatic carbocycles. The van der Waals surface area contributed by atoms with Gasteiger partial charge in [0.05, 0.1) is 6.10 Å². The van der Waals surface area contributed by atoms with Gasteiger partial charge in [0.15, 0.2) is 0 Å². The van der Waals surface area contributed by atoms with Crippen molar-refractivity contribution in [1.82, 2.24) is 4.90 Å². The molecule has 0 spiro atoms. The number of piperidine rings is 1. The molecule has 2 heteroatoms. The topological polar surface area (TPSA) is 23.5 Å². The molecule has 2 rings (SSSR count). The van der Waals surface area contributed by atoms with Gasteiger partial charge in [-0.3, -0.25) is 0 Å². The number of hydrogen-bond acceptors (Lipinski definition) is 2. The van der Waals surface area contributed by atoms with E-state index in [1.807, 2.05) is 0 Å². The fourth-order valence-corrected chi connectivity index (χ4v) is 2.45. The van der Waals surface area contributed by atoms with Crippen LogP contribution in [-0.4, -0.2) is 35.2 Å². The van der Waals surface area contributed by atoms with Crippen molar-refractivity contribution in [3.8, 4) is 0 Å². The first-order chi connectivity index (χ1) is 7.75. The molecule has 0 bridgehead atoms. The molecule has 2 atom stereocenters. The third-order valence-corrected chi connectivity index (χ3v) is 3.52. The summed E-state index contributed by atoms with van der Waals surface area (Å²) in [6, 6.07) is 11.1. The minimum Gasteiger partial charge on any atom is -0.393 e. The number of aliphatic hydroxyl groups is 1. The Labute approximate surface area is 97.9 Å². The molecule has 0 unspecified atom stereocenters. The highest BCUT2D eigenvalue weighted by Crippen LogP contribution is 2.17. The summed E-state index contributed by atoms with van der Waals surface area (Å²) in [5, 5.41) is 9.56. The Bertz CT molecular complexity index is 312. The van der Waals surface area contributed by atoms with Gasteiger partial charge in [-0.05, 0) is 31.7 Å². The molecule has 1 N–H and O–H groups in total. The SMILES string of the molecule is C[C@@H]1C[C@H](O)CCN1CCc1ccccc1. The van der Waals surface area contributed by atoms with Crippen molar-refractivity contribution < 1.29 is 5.11 Å². The standard InChI is InChI=1S/C14H21NO/c1-12-11-14(16)8-10-15(12)9-7-13-5-3-2-4-6-13/h2-6,12,14,16H,7-11H2,1H3/t12-,14-/m1/s1. The second kappa shape index (κ2) is 5.46. The van der Waals surface area contributed by atoms with Crippen LogP contribution in [-0.2, 0) is 6.42 Å². The molecule has 0 radical (unpaired) electrons. The number of hydrogen-bond donors (Lipinski definition) is 1. The monoisotopic (exact) mass is 219 g/mol. The highest BCUT2D eigenvalue weighted by atomic mass is 16.3. The first-order valence-corrected chi connectivity index (χ1v) is 6.22. The van der Waals surface area contributed by atoms with Gasteiger partial charge < -0.3 is 10.0 Å². The summed E-state index contributed by atoms with van der Waals surface area (Å²) in [6.45, 7) is 4.36. The Morgan fingerprint density at radius 3 is 2.75 bits per heavy atom. The predicted octanol–water partition coefficient (Wildman–Crippen LogP) is 2.07. The van der Waals surface area contributed by atoms with E-state index in [4.69, 9.17) is 0 Å². The number of nitrogens with zero attached hydrogens (tertiary/aromatic N) is 1. The van der Waals surface area contributed by atoms with E-state index in [1.54, 1.807) is 0 Å². The molecular weight excluding hydrogens is 198 g/mol. The average molecular weight is 219 g/mol. The third kappa shape index (κ3) is 3.06. The maximum Gasteiger partial charge on any atom is 0.0567 e. The second-order valence-electron chi connectivity index (χ2n) is 4.80. The maximum absolute atomic E-state index is 9.56. The summed E-state index contributed by atoms with van der Waals surface area (Å²) in [4.78, 5) is 2.49. The lowest BCUT2D eigenvalue weighted by atomic mass is 10.00. The Kier molecular flexibility index (Phi) is 3.97. The van der Waals surface area contributed by atoms with Crippen molar-refractivity contribution >= 4 is 0 Å². The zero-order valence-corrected chi connectivity index (χ0v) is 9.97. The molecule has 1 heterocycles. The van der Waals surface area contributed by atoms with Gasteiger partial charge >= 0.3 is 0 Å². The highest BCUT2D eigenvalue weighted by Gasteiger charge is 2.23. The van der Waals surface area contributed by atoms with Gasteiger partial charge in [0.1, 0.15) is 0 Å². The van der Waals surface area contributed by atoms with Gasteiger partial charge in [0.2, 0.25) is 0 Å². The van der Waals surface area contributed by atoms with Crippen molar-refractivity contribution in [2.75, 3.05) is 13.1 Å². The van der Waals surface area contributed by atoms with Gasteiger partial charge in [0.25, 0.3) is 0 Å². The first kappa shape index (κ1) is 11.6. The minimum atomic E-state index is -0.0806. The van der Waals surface area contributed by atoms with Crippen molar-refractivity contribution in [2.24, 2.45) is 0 Å². The van der Waals surface area contributed by atoms with E-state index in [0.717, 1.165) is 32.4 Å². The van der Waals surface area contributed by atoms with Gasteiger partial charge in [0, 0.05) is 19.1 Å². The third-order valence-electron chi connectivity index (χ3n) is 3.52. The van der Waals surface area contributed by atoms with Crippen LogP contribution in [0.1, 0.15) is 25.3 Å². The molecule has 1 aliphatic rings. The van der Waals surface area contributed by atoms with Crippen LogP contribution in [0, 0.1) is 0 Å². The normalized spacial score (nSPS) is 26.9. The van der Waals surface area contributed by atoms with E-state index in [-0.39, 0.29) is 6.10 Å². The second-order valence-corrected chi connectivity index (χ2v) is 4.80. The van der Waals surface area contributed by atoms with Crippen molar-refractivity contribution in [3.63, 3.8) is 0 Å². The van der Waals surface area contributed by atoms with Crippen LogP contribution in [0.5, 0.6) is 0 Å². The lowest BCUT2D eigenvalue weighted by Gasteiger charge is -2.35. The molecule has 88 valence electrons. The van der Waals surface area contributed by atoms with E-state index in [9.17, 15) is 5.11 Å².